The molecule has 2 rings (SSSR count). The summed E-state index contributed by atoms with van der Waals surface area (Å²) in [6, 6.07) is 3.55. The van der Waals surface area contributed by atoms with E-state index in [2.05, 4.69) is 21.8 Å². The summed E-state index contributed by atoms with van der Waals surface area (Å²) in [5, 5.41) is 5.38. The van der Waals surface area contributed by atoms with Gasteiger partial charge in [-0.2, -0.15) is 0 Å². The van der Waals surface area contributed by atoms with E-state index in [9.17, 15) is 8.42 Å². The molecule has 112 valence electrons. The Hall–Kier alpha value is -1.18. The van der Waals surface area contributed by atoms with E-state index in [1.165, 1.54) is 0 Å². The topological polar surface area (TPSA) is 79.5 Å². The van der Waals surface area contributed by atoms with Crippen molar-refractivity contribution in [1.82, 2.24) is 9.88 Å². The summed E-state index contributed by atoms with van der Waals surface area (Å²) < 4.78 is 22.6. The van der Waals surface area contributed by atoms with E-state index in [1.807, 2.05) is 0 Å². The molecule has 0 atom stereocenters. The Morgan fingerprint density at radius 1 is 1.25 bits per heavy atom. The van der Waals surface area contributed by atoms with Gasteiger partial charge in [-0.1, -0.05) is 6.07 Å². The molecule has 0 amide bonds. The summed E-state index contributed by atoms with van der Waals surface area (Å²) in [4.78, 5) is 8.76. The standard InChI is InChI=1S/C13H22N4O2S/c1-13(2,20(14,18)19)11-5-4-6-15-12(11)17-9-7-16(3)8-10-17/h4-6H,7-10H2,1-3H3,(H2,14,18,19). The summed E-state index contributed by atoms with van der Waals surface area (Å²) in [6.07, 6.45) is 1.69. The molecule has 6 nitrogen and oxygen atoms in total. The maximum absolute atomic E-state index is 11.9. The molecule has 0 aromatic carbocycles. The monoisotopic (exact) mass is 298 g/mol. The largest absolute Gasteiger partial charge is 0.354 e. The van der Waals surface area contributed by atoms with Crippen molar-refractivity contribution < 1.29 is 8.42 Å². The van der Waals surface area contributed by atoms with E-state index in [1.54, 1.807) is 32.2 Å². The van der Waals surface area contributed by atoms with Gasteiger partial charge in [-0.15, -0.1) is 0 Å². The van der Waals surface area contributed by atoms with Crippen LogP contribution in [0.15, 0.2) is 18.3 Å². The highest BCUT2D eigenvalue weighted by molar-refractivity contribution is 7.90. The fraction of sp³-hybridized carbons (Fsp3) is 0.615. The Morgan fingerprint density at radius 2 is 1.85 bits per heavy atom. The number of hydrogen-bond donors (Lipinski definition) is 1. The molecule has 0 aliphatic carbocycles. The van der Waals surface area contributed by atoms with Gasteiger partial charge in [0.25, 0.3) is 0 Å². The molecule has 0 saturated carbocycles. The average Bonchev–Trinajstić information content (AvgIpc) is 2.38. The van der Waals surface area contributed by atoms with Gasteiger partial charge in [-0.05, 0) is 27.0 Å². The smallest absolute Gasteiger partial charge is 0.218 e. The molecule has 2 N–H and O–H groups in total. The molecule has 1 aliphatic heterocycles. The minimum atomic E-state index is -3.70. The molecular weight excluding hydrogens is 276 g/mol. The minimum absolute atomic E-state index is 0.659. The molecule has 0 spiro atoms. The molecule has 1 aromatic heterocycles. The second-order valence-corrected chi connectivity index (χ2v) is 7.83. The van der Waals surface area contributed by atoms with Gasteiger partial charge in [0, 0.05) is 37.9 Å². The van der Waals surface area contributed by atoms with Crippen LogP contribution in [-0.2, 0) is 14.8 Å². The van der Waals surface area contributed by atoms with Crippen molar-refractivity contribution in [2.75, 3.05) is 38.1 Å². The number of rotatable bonds is 3. The zero-order valence-corrected chi connectivity index (χ0v) is 13.0. The van der Waals surface area contributed by atoms with Crippen LogP contribution >= 0.6 is 0 Å². The Labute approximate surface area is 120 Å². The fourth-order valence-corrected chi connectivity index (χ4v) is 2.76. The van der Waals surface area contributed by atoms with Crippen LogP contribution in [0.3, 0.4) is 0 Å². The number of pyridine rings is 1. The lowest BCUT2D eigenvalue weighted by molar-refractivity contribution is 0.311. The number of piperazine rings is 1. The number of likely N-dealkylation sites (N-methyl/N-ethyl adjacent to an activating group) is 1. The van der Waals surface area contributed by atoms with Crippen molar-refractivity contribution in [1.29, 1.82) is 0 Å². The zero-order valence-electron chi connectivity index (χ0n) is 12.2. The molecule has 0 radical (unpaired) electrons. The molecule has 1 saturated heterocycles. The third kappa shape index (κ3) is 2.79. The van der Waals surface area contributed by atoms with Crippen molar-refractivity contribution in [2.45, 2.75) is 18.6 Å². The number of primary sulfonamides is 1. The quantitative estimate of drug-likeness (QED) is 0.871. The van der Waals surface area contributed by atoms with Crippen LogP contribution in [0, 0.1) is 0 Å². The van der Waals surface area contributed by atoms with Gasteiger partial charge >= 0.3 is 0 Å². The molecule has 7 heteroatoms. The fourth-order valence-electron chi connectivity index (χ4n) is 2.29. The van der Waals surface area contributed by atoms with E-state index in [-0.39, 0.29) is 0 Å². The maximum Gasteiger partial charge on any atom is 0.218 e. The van der Waals surface area contributed by atoms with Gasteiger partial charge in [-0.3, -0.25) is 0 Å². The number of hydrogen-bond acceptors (Lipinski definition) is 5. The lowest BCUT2D eigenvalue weighted by atomic mass is 10.0. The summed E-state index contributed by atoms with van der Waals surface area (Å²) >= 11 is 0. The number of nitrogens with zero attached hydrogens (tertiary/aromatic N) is 3. The Kier molecular flexibility index (Phi) is 4.04. The van der Waals surface area contributed by atoms with E-state index in [4.69, 9.17) is 5.14 Å². The highest BCUT2D eigenvalue weighted by Crippen LogP contribution is 2.33. The molecule has 2 heterocycles. The Balaban J connectivity index is 2.41. The lowest BCUT2D eigenvalue weighted by Gasteiger charge is -2.36. The second-order valence-electron chi connectivity index (χ2n) is 5.72. The van der Waals surface area contributed by atoms with Gasteiger partial charge in [0.2, 0.25) is 10.0 Å². The van der Waals surface area contributed by atoms with Crippen LogP contribution in [0.25, 0.3) is 0 Å². The van der Waals surface area contributed by atoms with Gasteiger partial charge in [-0.25, -0.2) is 18.5 Å². The first kappa shape index (κ1) is 15.2. The van der Waals surface area contributed by atoms with E-state index in [0.29, 0.717) is 5.56 Å². The molecule has 1 fully saturated rings. The van der Waals surface area contributed by atoms with Gasteiger partial charge in [0.05, 0.1) is 0 Å². The van der Waals surface area contributed by atoms with E-state index >= 15 is 0 Å². The maximum atomic E-state index is 11.9. The average molecular weight is 298 g/mol. The Bertz CT molecular complexity index is 578. The third-order valence-electron chi connectivity index (χ3n) is 3.95. The van der Waals surface area contributed by atoms with Gasteiger partial charge < -0.3 is 9.80 Å². The van der Waals surface area contributed by atoms with E-state index in [0.717, 1.165) is 32.0 Å². The summed E-state index contributed by atoms with van der Waals surface area (Å²) in [6.45, 7) is 6.79. The van der Waals surface area contributed by atoms with Crippen LogP contribution in [0.5, 0.6) is 0 Å². The summed E-state index contributed by atoms with van der Waals surface area (Å²) in [5.41, 5.74) is 0.659. The zero-order chi connectivity index (χ0) is 15.0. The van der Waals surface area contributed by atoms with Crippen LogP contribution in [0.2, 0.25) is 0 Å². The Morgan fingerprint density at radius 3 is 2.40 bits per heavy atom. The highest BCUT2D eigenvalue weighted by Gasteiger charge is 2.37. The van der Waals surface area contributed by atoms with Gasteiger partial charge in [0.1, 0.15) is 10.6 Å². The highest BCUT2D eigenvalue weighted by atomic mass is 32.2. The SMILES string of the molecule is CN1CCN(c2ncccc2C(C)(C)S(N)(=O)=O)CC1. The van der Waals surface area contributed by atoms with Crippen molar-refractivity contribution in [3.05, 3.63) is 23.9 Å². The van der Waals surface area contributed by atoms with Crippen LogP contribution < -0.4 is 10.0 Å². The van der Waals surface area contributed by atoms with Crippen LogP contribution in [0.1, 0.15) is 19.4 Å². The normalized spacial score (nSPS) is 18.3. The lowest BCUT2D eigenvalue weighted by Crippen LogP contribution is -2.46. The molecule has 20 heavy (non-hydrogen) atoms. The van der Waals surface area contributed by atoms with Crippen molar-refractivity contribution in [3.63, 3.8) is 0 Å². The number of sulfonamides is 1. The van der Waals surface area contributed by atoms with Crippen molar-refractivity contribution >= 4 is 15.8 Å². The van der Waals surface area contributed by atoms with Crippen molar-refractivity contribution in [3.8, 4) is 0 Å². The minimum Gasteiger partial charge on any atom is -0.354 e. The molecule has 1 aromatic rings. The summed E-state index contributed by atoms with van der Waals surface area (Å²) in [7, 11) is -1.63. The number of nitrogens with two attached hydrogens (primary N) is 1. The van der Waals surface area contributed by atoms with E-state index < -0.39 is 14.8 Å². The molecule has 1 aliphatic rings. The van der Waals surface area contributed by atoms with Crippen molar-refractivity contribution in [2.24, 2.45) is 5.14 Å². The summed E-state index contributed by atoms with van der Waals surface area (Å²) in [5.74, 6) is 0.722. The molecular formula is C13H22N4O2S. The van der Waals surface area contributed by atoms with Crippen LogP contribution in [0.4, 0.5) is 5.82 Å². The van der Waals surface area contributed by atoms with Crippen LogP contribution in [-0.4, -0.2) is 51.5 Å². The molecule has 0 bridgehead atoms. The first-order chi connectivity index (χ1) is 9.23. The first-order valence-electron chi connectivity index (χ1n) is 6.65. The second kappa shape index (κ2) is 5.31. The number of anilines is 1. The molecule has 0 unspecified atom stereocenters. The first-order valence-corrected chi connectivity index (χ1v) is 8.19. The number of aromatic nitrogens is 1. The third-order valence-corrected chi connectivity index (χ3v) is 5.59. The predicted molar refractivity (Wildman–Crippen MR) is 80.1 cm³/mol. The predicted octanol–water partition coefficient (Wildman–Crippen LogP) is 0.357. The van der Waals surface area contributed by atoms with Gasteiger partial charge in [0.15, 0.2) is 0 Å².